The van der Waals surface area contributed by atoms with Gasteiger partial charge in [-0.2, -0.15) is 11.8 Å². The Kier molecular flexibility index (Phi) is 8.81. The van der Waals surface area contributed by atoms with Crippen LogP contribution in [-0.2, 0) is 10.5 Å². The number of nitrogens with one attached hydrogen (secondary N) is 3. The molecule has 1 aromatic heterocycles. The lowest BCUT2D eigenvalue weighted by molar-refractivity contribution is -0.120. The van der Waals surface area contributed by atoms with Crippen molar-refractivity contribution >= 4 is 41.0 Å². The molecule has 132 valence electrons. The van der Waals surface area contributed by atoms with E-state index in [1.54, 1.807) is 17.8 Å². The van der Waals surface area contributed by atoms with E-state index in [9.17, 15) is 9.59 Å². The Morgan fingerprint density at radius 3 is 2.88 bits per heavy atom. The first-order valence-electron chi connectivity index (χ1n) is 7.60. The maximum Gasteiger partial charge on any atom is 0.258 e. The van der Waals surface area contributed by atoms with E-state index in [1.807, 2.05) is 32.2 Å². The van der Waals surface area contributed by atoms with Gasteiger partial charge in [0.15, 0.2) is 0 Å². The van der Waals surface area contributed by atoms with Crippen molar-refractivity contribution in [2.45, 2.75) is 25.1 Å². The highest BCUT2D eigenvalue weighted by molar-refractivity contribution is 7.98. The lowest BCUT2D eigenvalue weighted by atomic mass is 10.2. The number of hydrogen-bond donors (Lipinski definition) is 3. The van der Waals surface area contributed by atoms with E-state index in [4.69, 9.17) is 0 Å². The number of nitrogens with zero attached hydrogens (tertiary/aromatic N) is 1. The summed E-state index contributed by atoms with van der Waals surface area (Å²) in [4.78, 5) is 30.8. The van der Waals surface area contributed by atoms with E-state index in [2.05, 4.69) is 20.6 Å². The predicted octanol–water partition coefficient (Wildman–Crippen LogP) is 1.69. The van der Waals surface area contributed by atoms with Crippen LogP contribution in [0.15, 0.2) is 29.1 Å². The van der Waals surface area contributed by atoms with Gasteiger partial charge in [0, 0.05) is 24.8 Å². The Bertz CT molecular complexity index is 723. The molecule has 0 radical (unpaired) electrons. The molecule has 0 saturated heterocycles. The molecule has 0 bridgehead atoms. The van der Waals surface area contributed by atoms with Crippen molar-refractivity contribution < 1.29 is 4.79 Å². The van der Waals surface area contributed by atoms with Gasteiger partial charge in [0.05, 0.1) is 16.7 Å². The number of likely N-dealkylation sites (N-methyl/N-ethyl adjacent to an activating group) is 1. The molecule has 1 heterocycles. The summed E-state index contributed by atoms with van der Waals surface area (Å²) < 4.78 is 0. The van der Waals surface area contributed by atoms with Gasteiger partial charge < -0.3 is 15.6 Å². The predicted molar refractivity (Wildman–Crippen MR) is 102 cm³/mol. The van der Waals surface area contributed by atoms with Gasteiger partial charge in [0.1, 0.15) is 5.82 Å². The number of rotatable bonds is 8. The van der Waals surface area contributed by atoms with Gasteiger partial charge in [-0.1, -0.05) is 12.1 Å². The number of halogens is 1. The summed E-state index contributed by atoms with van der Waals surface area (Å²) in [7, 11) is 1.87. The second-order valence-corrected chi connectivity index (χ2v) is 6.43. The number of para-hydroxylation sites is 1. The van der Waals surface area contributed by atoms with Crippen molar-refractivity contribution in [1.82, 2.24) is 20.6 Å². The molecular formula is C16H23ClN4O2S. The van der Waals surface area contributed by atoms with Crippen LogP contribution in [0.2, 0.25) is 0 Å². The van der Waals surface area contributed by atoms with Crippen molar-refractivity contribution in [2.24, 2.45) is 0 Å². The van der Waals surface area contributed by atoms with Crippen molar-refractivity contribution in [3.8, 4) is 0 Å². The van der Waals surface area contributed by atoms with Crippen LogP contribution in [-0.4, -0.2) is 41.3 Å². The minimum absolute atomic E-state index is 0. The third kappa shape index (κ3) is 6.14. The van der Waals surface area contributed by atoms with Crippen molar-refractivity contribution in [3.63, 3.8) is 0 Å². The fourth-order valence-corrected chi connectivity index (χ4v) is 2.80. The second kappa shape index (κ2) is 10.3. The Morgan fingerprint density at radius 1 is 1.38 bits per heavy atom. The first-order valence-corrected chi connectivity index (χ1v) is 8.75. The number of H-pyrrole nitrogens is 1. The molecule has 8 heteroatoms. The molecule has 1 amide bonds. The lowest BCUT2D eigenvalue weighted by Crippen LogP contribution is -2.37. The topological polar surface area (TPSA) is 86.9 Å². The van der Waals surface area contributed by atoms with Gasteiger partial charge >= 0.3 is 0 Å². The molecule has 2 rings (SSSR count). The highest BCUT2D eigenvalue weighted by atomic mass is 35.5. The second-order valence-electron chi connectivity index (χ2n) is 5.33. The number of carbonyl (C=O) groups is 1. The van der Waals surface area contributed by atoms with Crippen LogP contribution in [0.5, 0.6) is 0 Å². The minimum Gasteiger partial charge on any atom is -0.355 e. The third-order valence-electron chi connectivity index (χ3n) is 3.47. The van der Waals surface area contributed by atoms with Crippen LogP contribution >= 0.6 is 24.2 Å². The summed E-state index contributed by atoms with van der Waals surface area (Å²) >= 11 is 1.58. The smallest absolute Gasteiger partial charge is 0.258 e. The van der Waals surface area contributed by atoms with Crippen LogP contribution in [0.1, 0.15) is 19.2 Å². The molecule has 0 saturated carbocycles. The zero-order valence-electron chi connectivity index (χ0n) is 13.8. The molecule has 2 aromatic rings. The highest BCUT2D eigenvalue weighted by Crippen LogP contribution is 2.11. The van der Waals surface area contributed by atoms with Crippen molar-refractivity contribution in [2.75, 3.05) is 19.3 Å². The molecule has 24 heavy (non-hydrogen) atoms. The quantitative estimate of drug-likeness (QED) is 0.615. The molecule has 1 unspecified atom stereocenters. The summed E-state index contributed by atoms with van der Waals surface area (Å²) in [6.45, 7) is 2.64. The summed E-state index contributed by atoms with van der Waals surface area (Å²) in [6.07, 6.45) is 0.457. The molecule has 0 aliphatic rings. The molecule has 1 atom stereocenters. The zero-order valence-corrected chi connectivity index (χ0v) is 15.4. The van der Waals surface area contributed by atoms with Crippen LogP contribution < -0.4 is 16.2 Å². The van der Waals surface area contributed by atoms with E-state index in [0.29, 0.717) is 41.2 Å². The van der Waals surface area contributed by atoms with Gasteiger partial charge in [0.2, 0.25) is 5.91 Å². The van der Waals surface area contributed by atoms with E-state index in [-0.39, 0.29) is 29.9 Å². The molecule has 6 nitrogen and oxygen atoms in total. The number of hydrogen-bond acceptors (Lipinski definition) is 5. The van der Waals surface area contributed by atoms with Gasteiger partial charge in [0.25, 0.3) is 5.56 Å². The normalized spacial score (nSPS) is 11.8. The molecule has 0 aliphatic heterocycles. The third-order valence-corrected chi connectivity index (χ3v) is 4.44. The van der Waals surface area contributed by atoms with Gasteiger partial charge in [-0.15, -0.1) is 12.4 Å². The fraction of sp³-hybridized carbons (Fsp3) is 0.438. The van der Waals surface area contributed by atoms with E-state index < -0.39 is 0 Å². The first kappa shape index (κ1) is 20.5. The Hall–Kier alpha value is -1.57. The number of thioether (sulfide) groups is 1. The standard InChI is InChI=1S/C16H22N4O2S.ClH/c1-11(17-2)9-18-15(21)7-8-23-10-14-19-13-6-4-3-5-12(13)16(22)20-14;/h3-6,11,17H,7-10H2,1-2H3,(H,18,21)(H,19,20,22);1H. The fourth-order valence-electron chi connectivity index (χ4n) is 1.99. The van der Waals surface area contributed by atoms with E-state index in [1.165, 1.54) is 0 Å². The number of fused-ring (bicyclic) bond motifs is 1. The van der Waals surface area contributed by atoms with Crippen molar-refractivity contribution in [3.05, 3.63) is 40.4 Å². The van der Waals surface area contributed by atoms with Gasteiger partial charge in [-0.05, 0) is 26.1 Å². The van der Waals surface area contributed by atoms with Gasteiger partial charge in [-0.25, -0.2) is 4.98 Å². The average Bonchev–Trinajstić information content (AvgIpc) is 2.56. The largest absolute Gasteiger partial charge is 0.355 e. The van der Waals surface area contributed by atoms with Crippen LogP contribution in [0.4, 0.5) is 0 Å². The molecule has 1 aromatic carbocycles. The number of aromatic amines is 1. The number of benzene rings is 1. The average molecular weight is 371 g/mol. The molecular weight excluding hydrogens is 348 g/mol. The SMILES string of the molecule is CNC(C)CNC(=O)CCSCc1nc2ccccc2c(=O)[nH]1.Cl. The first-order chi connectivity index (χ1) is 11.1. The van der Waals surface area contributed by atoms with Crippen molar-refractivity contribution in [1.29, 1.82) is 0 Å². The minimum atomic E-state index is -0.120. The molecule has 3 N–H and O–H groups in total. The van der Waals surface area contributed by atoms with Gasteiger partial charge in [-0.3, -0.25) is 9.59 Å². The van der Waals surface area contributed by atoms with Crippen LogP contribution in [0, 0.1) is 0 Å². The Morgan fingerprint density at radius 2 is 2.12 bits per heavy atom. The maximum atomic E-state index is 11.9. The highest BCUT2D eigenvalue weighted by Gasteiger charge is 2.06. The zero-order chi connectivity index (χ0) is 16.7. The summed E-state index contributed by atoms with van der Waals surface area (Å²) in [6, 6.07) is 7.53. The summed E-state index contributed by atoms with van der Waals surface area (Å²) in [5, 5.41) is 6.54. The number of carbonyl (C=O) groups excluding carboxylic acids is 1. The molecule has 0 aliphatic carbocycles. The summed E-state index contributed by atoms with van der Waals surface area (Å²) in [5.41, 5.74) is 0.579. The lowest BCUT2D eigenvalue weighted by Gasteiger charge is -2.11. The number of aromatic nitrogens is 2. The van der Waals surface area contributed by atoms with E-state index in [0.717, 1.165) is 0 Å². The maximum absolute atomic E-state index is 11.9. The number of amides is 1. The van der Waals surface area contributed by atoms with Crippen LogP contribution in [0.3, 0.4) is 0 Å². The van der Waals surface area contributed by atoms with Crippen LogP contribution in [0.25, 0.3) is 10.9 Å². The molecule has 0 fully saturated rings. The van der Waals surface area contributed by atoms with E-state index >= 15 is 0 Å². The monoisotopic (exact) mass is 370 g/mol. The Balaban J connectivity index is 0.00000288. The Labute approximate surface area is 151 Å². The molecule has 0 spiro atoms. The summed E-state index contributed by atoms with van der Waals surface area (Å²) in [5.74, 6) is 1.96.